The van der Waals surface area contributed by atoms with E-state index in [1.54, 1.807) is 12.3 Å². The lowest BCUT2D eigenvalue weighted by molar-refractivity contribution is 0.00578. The summed E-state index contributed by atoms with van der Waals surface area (Å²) in [6.45, 7) is 8.56. The predicted molar refractivity (Wildman–Crippen MR) is 89.8 cm³/mol. The van der Waals surface area contributed by atoms with E-state index in [4.69, 9.17) is 14.6 Å². The number of rotatable bonds is 4. The fourth-order valence-corrected chi connectivity index (χ4v) is 2.28. The van der Waals surface area contributed by atoms with Gasteiger partial charge in [-0.05, 0) is 51.8 Å². The minimum Gasteiger partial charge on any atom is -0.400 e. The number of nitrogens with zero attached hydrogens (tertiary/aromatic N) is 1. The van der Waals surface area contributed by atoms with E-state index in [-0.39, 0.29) is 5.56 Å². The molecule has 122 valence electrons. The average molecular weight is 315 g/mol. The van der Waals surface area contributed by atoms with Crippen molar-refractivity contribution in [3.05, 3.63) is 39.2 Å². The quantitative estimate of drug-likeness (QED) is 0.822. The summed E-state index contributed by atoms with van der Waals surface area (Å²) in [5.41, 5.74) is 0.454. The Morgan fingerprint density at radius 3 is 2.52 bits per heavy atom. The molecule has 1 saturated heterocycles. The monoisotopic (exact) mass is 315 g/mol. The summed E-state index contributed by atoms with van der Waals surface area (Å²) in [5.74, 6) is 0. The van der Waals surface area contributed by atoms with E-state index in [0.29, 0.717) is 6.54 Å². The molecule has 0 radical (unpaired) electrons. The number of hydrogen-bond acceptors (Lipinski definition) is 5. The largest absolute Gasteiger partial charge is 0.491 e. The summed E-state index contributed by atoms with van der Waals surface area (Å²) in [6, 6.07) is 3.44. The maximum absolute atomic E-state index is 11.5. The van der Waals surface area contributed by atoms with E-state index in [1.165, 1.54) is 0 Å². The Hall–Kier alpha value is -1.88. The van der Waals surface area contributed by atoms with Crippen molar-refractivity contribution in [2.24, 2.45) is 0 Å². The Morgan fingerprint density at radius 2 is 2.00 bits per heavy atom. The van der Waals surface area contributed by atoms with Gasteiger partial charge in [-0.15, -0.1) is 0 Å². The van der Waals surface area contributed by atoms with Crippen LogP contribution in [0.3, 0.4) is 0 Å². The molecule has 0 unspecified atom stereocenters. The van der Waals surface area contributed by atoms with Gasteiger partial charge in [0.1, 0.15) is 11.6 Å². The molecule has 6 nitrogen and oxygen atoms in total. The van der Waals surface area contributed by atoms with E-state index < -0.39 is 23.9 Å². The first kappa shape index (κ1) is 17.5. The second-order valence-electron chi connectivity index (χ2n) is 6.63. The van der Waals surface area contributed by atoms with Crippen molar-refractivity contribution >= 4 is 13.2 Å². The average Bonchev–Trinajstić information content (AvgIpc) is 2.69. The topological polar surface area (TPSA) is 87.1 Å². The van der Waals surface area contributed by atoms with Crippen molar-refractivity contribution in [3.8, 4) is 6.07 Å². The van der Waals surface area contributed by atoms with Crippen molar-refractivity contribution in [3.63, 3.8) is 0 Å². The van der Waals surface area contributed by atoms with Gasteiger partial charge in [0.25, 0.3) is 5.56 Å². The summed E-state index contributed by atoms with van der Waals surface area (Å²) in [7, 11) is 1.36. The normalized spacial score (nSPS) is 19.7. The van der Waals surface area contributed by atoms with Gasteiger partial charge in [-0.3, -0.25) is 4.79 Å². The van der Waals surface area contributed by atoms with Gasteiger partial charge in [-0.2, -0.15) is 5.26 Å². The first-order chi connectivity index (χ1) is 10.7. The number of H-pyrrole nitrogens is 1. The predicted octanol–water partition coefficient (Wildman–Crippen LogP) is 1.48. The minimum atomic E-state index is -0.482. The van der Waals surface area contributed by atoms with E-state index in [9.17, 15) is 4.79 Å². The van der Waals surface area contributed by atoms with E-state index in [0.717, 1.165) is 11.0 Å². The maximum atomic E-state index is 11.5. The Labute approximate surface area is 136 Å². The summed E-state index contributed by atoms with van der Waals surface area (Å²) >= 11 is 0. The molecule has 0 saturated carbocycles. The number of aromatic nitrogens is 1. The zero-order valence-corrected chi connectivity index (χ0v) is 14.2. The Bertz CT molecular complexity index is 700. The summed E-state index contributed by atoms with van der Waals surface area (Å²) < 4.78 is 12.1. The molecule has 1 aromatic heterocycles. The van der Waals surface area contributed by atoms with Crippen LogP contribution in [0, 0.1) is 11.3 Å². The van der Waals surface area contributed by atoms with Crippen molar-refractivity contribution in [2.45, 2.75) is 38.9 Å². The van der Waals surface area contributed by atoms with Gasteiger partial charge < -0.3 is 19.6 Å². The van der Waals surface area contributed by atoms with Gasteiger partial charge >= 0.3 is 7.12 Å². The van der Waals surface area contributed by atoms with Crippen LogP contribution in [-0.2, 0) is 9.31 Å². The standard InChI is InChI=1S/C16H22BN3O3/c1-15(2)16(3,4)23-17(22-15)13(10-19-5)7-11-6-12(8-18)14(21)20-9-11/h6-7,9,19H,10H2,1-5H3,(H,20,21). The van der Waals surface area contributed by atoms with Crippen molar-refractivity contribution < 1.29 is 9.31 Å². The van der Waals surface area contributed by atoms with E-state index in [2.05, 4.69) is 10.3 Å². The highest BCUT2D eigenvalue weighted by molar-refractivity contribution is 6.55. The molecule has 0 amide bonds. The van der Waals surface area contributed by atoms with Crippen LogP contribution in [0.4, 0.5) is 0 Å². The Kier molecular flexibility index (Phi) is 4.80. The number of aromatic amines is 1. The number of pyridine rings is 1. The van der Waals surface area contributed by atoms with Crippen LogP contribution in [0.1, 0.15) is 38.8 Å². The van der Waals surface area contributed by atoms with E-state index in [1.807, 2.05) is 46.9 Å². The smallest absolute Gasteiger partial charge is 0.400 e. The minimum absolute atomic E-state index is 0.0801. The zero-order valence-electron chi connectivity index (χ0n) is 14.2. The molecule has 2 heterocycles. The van der Waals surface area contributed by atoms with Gasteiger partial charge in [0.2, 0.25) is 0 Å². The number of nitriles is 1. The lowest BCUT2D eigenvalue weighted by atomic mass is 9.77. The van der Waals surface area contributed by atoms with Gasteiger partial charge in [-0.25, -0.2) is 0 Å². The van der Waals surface area contributed by atoms with Crippen LogP contribution in [0.2, 0.25) is 0 Å². The number of likely N-dealkylation sites (N-methyl/N-ethyl adjacent to an activating group) is 1. The summed E-state index contributed by atoms with van der Waals surface area (Å²) in [4.78, 5) is 14.0. The summed E-state index contributed by atoms with van der Waals surface area (Å²) in [6.07, 6.45) is 3.44. The molecule has 0 aromatic carbocycles. The molecule has 23 heavy (non-hydrogen) atoms. The van der Waals surface area contributed by atoms with Gasteiger partial charge in [0.05, 0.1) is 11.2 Å². The highest BCUT2D eigenvalue weighted by Crippen LogP contribution is 2.38. The third kappa shape index (κ3) is 3.55. The highest BCUT2D eigenvalue weighted by atomic mass is 16.7. The van der Waals surface area contributed by atoms with Crippen LogP contribution in [0.15, 0.2) is 22.5 Å². The first-order valence-corrected chi connectivity index (χ1v) is 7.54. The molecular formula is C16H22BN3O3. The molecular weight excluding hydrogens is 293 g/mol. The molecule has 7 heteroatoms. The van der Waals surface area contributed by atoms with Crippen molar-refractivity contribution in [1.29, 1.82) is 5.26 Å². The first-order valence-electron chi connectivity index (χ1n) is 7.54. The lowest BCUT2D eigenvalue weighted by Gasteiger charge is -2.32. The maximum Gasteiger partial charge on any atom is 0.491 e. The second-order valence-corrected chi connectivity index (χ2v) is 6.63. The molecule has 0 atom stereocenters. The Balaban J connectivity index is 2.36. The molecule has 1 aromatic rings. The van der Waals surface area contributed by atoms with Crippen LogP contribution < -0.4 is 10.9 Å². The van der Waals surface area contributed by atoms with Crippen LogP contribution >= 0.6 is 0 Å². The van der Waals surface area contributed by atoms with Gasteiger partial charge in [-0.1, -0.05) is 6.08 Å². The third-order valence-corrected chi connectivity index (χ3v) is 4.33. The van der Waals surface area contributed by atoms with Crippen molar-refractivity contribution in [1.82, 2.24) is 10.3 Å². The van der Waals surface area contributed by atoms with Gasteiger partial charge in [0.15, 0.2) is 0 Å². The fraction of sp³-hybridized carbons (Fsp3) is 0.500. The molecule has 0 aliphatic carbocycles. The highest BCUT2D eigenvalue weighted by Gasteiger charge is 2.52. The third-order valence-electron chi connectivity index (χ3n) is 4.33. The van der Waals surface area contributed by atoms with Crippen LogP contribution in [0.25, 0.3) is 6.08 Å². The van der Waals surface area contributed by atoms with Gasteiger partial charge in [0, 0.05) is 12.7 Å². The fourth-order valence-electron chi connectivity index (χ4n) is 2.28. The van der Waals surface area contributed by atoms with Crippen molar-refractivity contribution in [2.75, 3.05) is 13.6 Å². The second kappa shape index (κ2) is 6.32. The SMILES string of the molecule is CNCC(=Cc1c[nH]c(=O)c(C#N)c1)B1OC(C)(C)C(C)(C)O1. The Morgan fingerprint density at radius 1 is 1.39 bits per heavy atom. The molecule has 0 spiro atoms. The molecule has 2 rings (SSSR count). The molecule has 1 fully saturated rings. The molecule has 1 aliphatic rings. The molecule has 0 bridgehead atoms. The summed E-state index contributed by atoms with van der Waals surface area (Å²) in [5, 5.41) is 12.1. The lowest BCUT2D eigenvalue weighted by Crippen LogP contribution is -2.41. The molecule has 2 N–H and O–H groups in total. The number of hydrogen-bond donors (Lipinski definition) is 2. The van der Waals surface area contributed by atoms with Crippen LogP contribution in [-0.4, -0.2) is 36.9 Å². The van der Waals surface area contributed by atoms with Crippen LogP contribution in [0.5, 0.6) is 0 Å². The van der Waals surface area contributed by atoms with E-state index >= 15 is 0 Å². The molecule has 1 aliphatic heterocycles. The zero-order chi connectivity index (χ0) is 17.3. The number of nitrogens with one attached hydrogen (secondary N) is 2.